The first kappa shape index (κ1) is 15.7. The Balaban J connectivity index is 2.08. The Morgan fingerprint density at radius 2 is 1.65 bits per heavy atom. The largest absolute Gasteiger partial charge is 0.383 e. The number of nitrogens with zero attached hydrogens (tertiary/aromatic N) is 1. The van der Waals surface area contributed by atoms with Crippen LogP contribution >= 0.6 is 0 Å². The smallest absolute Gasteiger partial charge is 0.183 e. The zero-order chi connectivity index (χ0) is 16.5. The summed E-state index contributed by atoms with van der Waals surface area (Å²) in [6.45, 7) is 0.0970. The van der Waals surface area contributed by atoms with E-state index in [1.54, 1.807) is 30.3 Å². The van der Waals surface area contributed by atoms with Crippen molar-refractivity contribution in [2.24, 2.45) is 5.41 Å². The Kier molecular flexibility index (Phi) is 3.97. The van der Waals surface area contributed by atoms with Gasteiger partial charge in [0.25, 0.3) is 0 Å². The van der Waals surface area contributed by atoms with Gasteiger partial charge in [0.15, 0.2) is 9.84 Å². The van der Waals surface area contributed by atoms with E-state index < -0.39 is 20.5 Å². The van der Waals surface area contributed by atoms with Crippen LogP contribution < -0.4 is 0 Å². The van der Waals surface area contributed by atoms with Gasteiger partial charge in [-0.3, -0.25) is 0 Å². The maximum Gasteiger partial charge on any atom is 0.183 e. The van der Waals surface area contributed by atoms with Crippen molar-refractivity contribution in [3.63, 3.8) is 0 Å². The highest BCUT2D eigenvalue weighted by molar-refractivity contribution is 7.92. The first-order valence-electron chi connectivity index (χ1n) is 7.32. The lowest BCUT2D eigenvalue weighted by atomic mass is 10.0. The molecule has 1 fully saturated rings. The Morgan fingerprint density at radius 3 is 2.17 bits per heavy atom. The van der Waals surface area contributed by atoms with Crippen LogP contribution in [0.5, 0.6) is 0 Å². The van der Waals surface area contributed by atoms with Crippen molar-refractivity contribution in [1.82, 2.24) is 0 Å². The summed E-state index contributed by atoms with van der Waals surface area (Å²) in [5.41, 5.74) is -0.180. The van der Waals surface area contributed by atoms with Gasteiger partial charge in [0, 0.05) is 13.0 Å². The zero-order valence-electron chi connectivity index (χ0n) is 12.7. The van der Waals surface area contributed by atoms with Crippen molar-refractivity contribution in [3.8, 4) is 6.07 Å². The van der Waals surface area contributed by atoms with E-state index in [9.17, 15) is 13.7 Å². The molecule has 0 amide bonds. The molecule has 3 atom stereocenters. The van der Waals surface area contributed by atoms with Crippen molar-refractivity contribution in [3.05, 3.63) is 66.2 Å². The zero-order valence-corrected chi connectivity index (χ0v) is 13.5. The van der Waals surface area contributed by atoms with E-state index >= 15 is 0 Å². The van der Waals surface area contributed by atoms with Crippen molar-refractivity contribution in [2.75, 3.05) is 13.7 Å². The summed E-state index contributed by atoms with van der Waals surface area (Å²) in [6.07, 6.45) is 0. The number of benzene rings is 2. The van der Waals surface area contributed by atoms with Crippen LogP contribution in [-0.4, -0.2) is 27.4 Å². The summed E-state index contributed by atoms with van der Waals surface area (Å²) in [6, 6.07) is 19.8. The molecule has 0 spiro atoms. The molecule has 0 heterocycles. The van der Waals surface area contributed by atoms with Crippen LogP contribution in [0.4, 0.5) is 0 Å². The predicted molar refractivity (Wildman–Crippen MR) is 86.5 cm³/mol. The lowest BCUT2D eigenvalue weighted by molar-refractivity contribution is 0.162. The number of rotatable bonds is 5. The highest BCUT2D eigenvalue weighted by atomic mass is 32.2. The van der Waals surface area contributed by atoms with Crippen molar-refractivity contribution in [1.29, 1.82) is 5.26 Å². The van der Waals surface area contributed by atoms with E-state index in [1.807, 2.05) is 30.3 Å². The van der Waals surface area contributed by atoms with E-state index in [4.69, 9.17) is 4.74 Å². The third-order valence-electron chi connectivity index (χ3n) is 4.41. The van der Waals surface area contributed by atoms with Gasteiger partial charge in [0.1, 0.15) is 5.41 Å². The number of hydrogen-bond donors (Lipinski definition) is 0. The maximum absolute atomic E-state index is 13.0. The SMILES string of the molecule is COC[C@@]1(C#N)[C@H](S(=O)(=O)c2ccccc2)[C@@H]1c1ccccc1. The fraction of sp³-hybridized carbons (Fsp3) is 0.278. The third-order valence-corrected chi connectivity index (χ3v) is 6.70. The molecular weight excluding hydrogens is 310 g/mol. The van der Waals surface area contributed by atoms with Crippen molar-refractivity contribution < 1.29 is 13.2 Å². The number of methoxy groups -OCH3 is 1. The van der Waals surface area contributed by atoms with Gasteiger partial charge < -0.3 is 4.74 Å². The molecule has 0 radical (unpaired) electrons. The molecule has 2 aromatic carbocycles. The first-order valence-corrected chi connectivity index (χ1v) is 8.86. The minimum atomic E-state index is -3.61. The molecule has 0 N–H and O–H groups in total. The van der Waals surface area contributed by atoms with Crippen molar-refractivity contribution >= 4 is 9.84 Å². The quantitative estimate of drug-likeness (QED) is 0.847. The summed E-state index contributed by atoms with van der Waals surface area (Å²) in [4.78, 5) is 0.249. The van der Waals surface area contributed by atoms with Crippen LogP contribution in [-0.2, 0) is 14.6 Å². The topological polar surface area (TPSA) is 67.2 Å². The Morgan fingerprint density at radius 1 is 1.09 bits per heavy atom. The summed E-state index contributed by atoms with van der Waals surface area (Å²) in [7, 11) is -2.12. The number of ether oxygens (including phenoxy) is 1. The second-order valence-corrected chi connectivity index (χ2v) is 7.82. The molecule has 1 saturated carbocycles. The highest BCUT2D eigenvalue weighted by Crippen LogP contribution is 2.63. The van der Waals surface area contributed by atoms with Crippen LogP contribution in [0, 0.1) is 16.7 Å². The Hall–Kier alpha value is -2.16. The highest BCUT2D eigenvalue weighted by Gasteiger charge is 2.72. The van der Waals surface area contributed by atoms with E-state index in [2.05, 4.69) is 6.07 Å². The van der Waals surface area contributed by atoms with E-state index in [1.165, 1.54) is 7.11 Å². The summed E-state index contributed by atoms with van der Waals surface area (Å²) < 4.78 is 31.2. The fourth-order valence-corrected chi connectivity index (χ4v) is 5.66. The van der Waals surface area contributed by atoms with Gasteiger partial charge in [0.05, 0.1) is 22.8 Å². The molecule has 5 heteroatoms. The van der Waals surface area contributed by atoms with Gasteiger partial charge in [-0.2, -0.15) is 5.26 Å². The van der Waals surface area contributed by atoms with Crippen LogP contribution in [0.2, 0.25) is 0 Å². The molecule has 118 valence electrons. The molecule has 3 rings (SSSR count). The summed E-state index contributed by atoms with van der Waals surface area (Å²) in [5, 5.41) is 8.92. The predicted octanol–water partition coefficient (Wildman–Crippen LogP) is 2.78. The van der Waals surface area contributed by atoms with Gasteiger partial charge in [0.2, 0.25) is 0 Å². The minimum Gasteiger partial charge on any atom is -0.383 e. The molecule has 0 aliphatic heterocycles. The summed E-state index contributed by atoms with van der Waals surface area (Å²) in [5.74, 6) is -0.376. The molecule has 4 nitrogen and oxygen atoms in total. The average molecular weight is 327 g/mol. The van der Waals surface area contributed by atoms with Crippen molar-refractivity contribution in [2.45, 2.75) is 16.1 Å². The van der Waals surface area contributed by atoms with Crippen LogP contribution in [0.15, 0.2) is 65.6 Å². The van der Waals surface area contributed by atoms with Gasteiger partial charge in [-0.15, -0.1) is 0 Å². The Bertz CT molecular complexity index is 828. The van der Waals surface area contributed by atoms with Crippen LogP contribution in [0.3, 0.4) is 0 Å². The third kappa shape index (κ3) is 2.44. The standard InChI is InChI=1S/C18H17NO3S/c1-22-13-18(12-19)16(14-8-4-2-5-9-14)17(18)23(20,21)15-10-6-3-7-11-15/h2-11,16-17H,13H2,1H3/t16-,17+,18+/m0/s1. The van der Waals surface area contributed by atoms with Gasteiger partial charge in [-0.1, -0.05) is 48.5 Å². The monoisotopic (exact) mass is 327 g/mol. The fourth-order valence-electron chi connectivity index (χ4n) is 3.33. The maximum atomic E-state index is 13.0. The van der Waals surface area contributed by atoms with E-state index in [0.717, 1.165) is 5.56 Å². The van der Waals surface area contributed by atoms with Gasteiger partial charge in [-0.05, 0) is 17.7 Å². The molecule has 23 heavy (non-hydrogen) atoms. The summed E-state index contributed by atoms with van der Waals surface area (Å²) >= 11 is 0. The van der Waals surface area contributed by atoms with E-state index in [-0.39, 0.29) is 17.4 Å². The van der Waals surface area contributed by atoms with Crippen LogP contribution in [0.25, 0.3) is 0 Å². The molecule has 0 aromatic heterocycles. The molecule has 2 aromatic rings. The second kappa shape index (κ2) is 5.80. The second-order valence-electron chi connectivity index (χ2n) is 5.75. The first-order chi connectivity index (χ1) is 11.1. The molecule has 0 saturated heterocycles. The lowest BCUT2D eigenvalue weighted by Crippen LogP contribution is -2.19. The number of sulfone groups is 1. The minimum absolute atomic E-state index is 0.0970. The molecule has 0 bridgehead atoms. The van der Waals surface area contributed by atoms with Gasteiger partial charge in [-0.25, -0.2) is 8.42 Å². The molecule has 1 aliphatic carbocycles. The van der Waals surface area contributed by atoms with Gasteiger partial charge >= 0.3 is 0 Å². The number of hydrogen-bond acceptors (Lipinski definition) is 4. The number of nitriles is 1. The van der Waals surface area contributed by atoms with E-state index in [0.29, 0.717) is 0 Å². The molecule has 1 aliphatic rings. The lowest BCUT2D eigenvalue weighted by Gasteiger charge is -2.08. The Labute approximate surface area is 136 Å². The molecule has 0 unspecified atom stereocenters. The molecular formula is C18H17NO3S. The normalized spacial score (nSPS) is 26.4. The average Bonchev–Trinajstić information content (AvgIpc) is 3.27. The van der Waals surface area contributed by atoms with Crippen LogP contribution in [0.1, 0.15) is 11.5 Å².